The summed E-state index contributed by atoms with van der Waals surface area (Å²) in [6.45, 7) is 3.15. The molecule has 2 fully saturated rings. The maximum atomic E-state index is 12.3. The number of carboxylic acids is 1. The summed E-state index contributed by atoms with van der Waals surface area (Å²) >= 11 is 13.0. The Morgan fingerprint density at radius 2 is 2.00 bits per heavy atom. The second kappa shape index (κ2) is 8.79. The van der Waals surface area contributed by atoms with E-state index in [4.69, 9.17) is 27.9 Å². The number of thioether (sulfide) groups is 1. The molecule has 11 heteroatoms. The normalized spacial score (nSPS) is 25.1. The van der Waals surface area contributed by atoms with Crippen LogP contribution in [0.4, 0.5) is 0 Å². The van der Waals surface area contributed by atoms with Crippen molar-refractivity contribution in [2.75, 3.05) is 6.61 Å². The van der Waals surface area contributed by atoms with Gasteiger partial charge in [-0.15, -0.1) is 11.8 Å². The zero-order valence-corrected chi connectivity index (χ0v) is 20.3. The minimum absolute atomic E-state index is 0. The van der Waals surface area contributed by atoms with Crippen LogP contribution in [0.1, 0.15) is 13.8 Å². The fourth-order valence-corrected chi connectivity index (χ4v) is 4.97. The molecule has 0 bridgehead atoms. The molecule has 2 aliphatic rings. The topological polar surface area (TPSA) is 98.8 Å². The molecule has 2 heterocycles. The molecular formula is C16H15Cl2KN2O5S. The summed E-state index contributed by atoms with van der Waals surface area (Å²) in [7, 11) is 0. The van der Waals surface area contributed by atoms with Crippen molar-refractivity contribution >= 4 is 52.7 Å². The first kappa shape index (κ1) is 23.3. The molecule has 0 unspecified atom stereocenters. The quantitative estimate of drug-likeness (QED) is 0.394. The van der Waals surface area contributed by atoms with Gasteiger partial charge in [0.1, 0.15) is 17.2 Å². The van der Waals surface area contributed by atoms with E-state index < -0.39 is 40.0 Å². The second-order valence-electron chi connectivity index (χ2n) is 6.49. The molecule has 2 saturated heterocycles. The summed E-state index contributed by atoms with van der Waals surface area (Å²) in [5, 5.41) is 14.2. The number of amides is 2. The Morgan fingerprint density at radius 1 is 1.33 bits per heavy atom. The third kappa shape index (κ3) is 4.61. The maximum Gasteiger partial charge on any atom is 1.00 e. The predicted molar refractivity (Wildman–Crippen MR) is 95.0 cm³/mol. The van der Waals surface area contributed by atoms with E-state index >= 15 is 0 Å². The first-order chi connectivity index (χ1) is 12.1. The van der Waals surface area contributed by atoms with Gasteiger partial charge in [0.25, 0.3) is 5.91 Å². The molecule has 7 nitrogen and oxygen atoms in total. The Hall–Kier alpha value is -0.00364. The first-order valence-electron chi connectivity index (χ1n) is 7.70. The van der Waals surface area contributed by atoms with Gasteiger partial charge in [0.2, 0.25) is 5.91 Å². The summed E-state index contributed by atoms with van der Waals surface area (Å²) in [6.07, 6.45) is 0. The molecule has 2 aliphatic heterocycles. The van der Waals surface area contributed by atoms with Gasteiger partial charge in [-0.05, 0) is 26.0 Å². The van der Waals surface area contributed by atoms with Crippen LogP contribution in [-0.2, 0) is 14.4 Å². The fourth-order valence-electron chi connectivity index (χ4n) is 3.06. The second-order valence-corrected chi connectivity index (χ2v) is 9.07. The number of β-lactam (4-membered cyclic amide) rings is 1. The molecular weight excluding hydrogens is 442 g/mol. The average molecular weight is 457 g/mol. The SMILES string of the molecule is CC1(C)S[C@@H]2[C@H](NC(=O)COc3ccc(Cl)c(Cl)c3)C(=O)N2[C@H]1C(=O)[O-].[K+]. The molecule has 0 aromatic heterocycles. The Balaban J connectivity index is 0.00000261. The number of nitrogens with zero attached hydrogens (tertiary/aromatic N) is 1. The number of carboxylic acid groups (broad SMARTS) is 1. The van der Waals surface area contributed by atoms with Gasteiger partial charge in [0.05, 0.1) is 22.1 Å². The molecule has 1 N–H and O–H groups in total. The van der Waals surface area contributed by atoms with Gasteiger partial charge in [-0.1, -0.05) is 23.2 Å². The van der Waals surface area contributed by atoms with Gasteiger partial charge < -0.3 is 24.9 Å². The molecule has 0 radical (unpaired) electrons. The van der Waals surface area contributed by atoms with Crippen molar-refractivity contribution in [3.63, 3.8) is 0 Å². The Bertz CT molecular complexity index is 794. The standard InChI is InChI=1S/C16H16Cl2N2O5S.K/c1-16(2)12(15(23)24)20-13(22)11(14(20)26-16)19-10(21)6-25-7-3-4-8(17)9(18)5-7;/h3-5,11-12,14H,6H2,1-2H3,(H,19,21)(H,23,24);/q;+1/p-1/t11-,12+,14-;/m1./s1. The van der Waals surface area contributed by atoms with E-state index in [0.717, 1.165) is 0 Å². The van der Waals surface area contributed by atoms with Crippen molar-refractivity contribution in [3.05, 3.63) is 28.2 Å². The molecule has 3 atom stereocenters. The number of carbonyl (C=O) groups excluding carboxylic acids is 3. The Morgan fingerprint density at radius 3 is 2.59 bits per heavy atom. The van der Waals surface area contributed by atoms with E-state index in [-0.39, 0.29) is 58.0 Å². The van der Waals surface area contributed by atoms with Crippen LogP contribution in [-0.4, -0.2) is 51.5 Å². The number of benzene rings is 1. The van der Waals surface area contributed by atoms with E-state index in [0.29, 0.717) is 15.8 Å². The third-order valence-corrected chi connectivity index (χ3v) is 6.55. The number of halogens is 2. The number of carbonyl (C=O) groups is 3. The van der Waals surface area contributed by atoms with Gasteiger partial charge in [-0.2, -0.15) is 0 Å². The van der Waals surface area contributed by atoms with E-state index in [1.54, 1.807) is 26.0 Å². The van der Waals surface area contributed by atoms with Crippen molar-refractivity contribution in [1.29, 1.82) is 0 Å². The van der Waals surface area contributed by atoms with Crippen LogP contribution in [0.25, 0.3) is 0 Å². The predicted octanol–water partition coefficient (Wildman–Crippen LogP) is -2.33. The molecule has 1 aromatic rings. The molecule has 140 valence electrons. The zero-order chi connectivity index (χ0) is 19.2. The minimum atomic E-state index is -1.30. The van der Waals surface area contributed by atoms with E-state index in [1.165, 1.54) is 22.7 Å². The number of ether oxygens (including phenoxy) is 1. The summed E-state index contributed by atoms with van der Waals surface area (Å²) in [6, 6.07) is 2.78. The van der Waals surface area contributed by atoms with Crippen molar-refractivity contribution in [1.82, 2.24) is 10.2 Å². The van der Waals surface area contributed by atoms with Crippen LogP contribution in [0.2, 0.25) is 10.0 Å². The largest absolute Gasteiger partial charge is 1.00 e. The van der Waals surface area contributed by atoms with Crippen LogP contribution in [0, 0.1) is 0 Å². The monoisotopic (exact) mass is 456 g/mol. The molecule has 3 rings (SSSR count). The van der Waals surface area contributed by atoms with E-state index in [1.807, 2.05) is 0 Å². The van der Waals surface area contributed by atoms with Crippen molar-refractivity contribution in [2.24, 2.45) is 0 Å². The molecule has 0 spiro atoms. The molecule has 2 amide bonds. The smallest absolute Gasteiger partial charge is 0.548 e. The molecule has 0 saturated carbocycles. The fraction of sp³-hybridized carbons (Fsp3) is 0.438. The number of fused-ring (bicyclic) bond motifs is 1. The Labute approximate surface area is 212 Å². The maximum absolute atomic E-state index is 12.3. The van der Waals surface area contributed by atoms with Crippen LogP contribution >= 0.6 is 35.0 Å². The minimum Gasteiger partial charge on any atom is -0.548 e. The number of hydrogen-bond donors (Lipinski definition) is 1. The molecule has 27 heavy (non-hydrogen) atoms. The molecule has 0 aliphatic carbocycles. The first-order valence-corrected chi connectivity index (χ1v) is 9.33. The van der Waals surface area contributed by atoms with Gasteiger partial charge in [-0.25, -0.2) is 0 Å². The van der Waals surface area contributed by atoms with Gasteiger partial charge in [0, 0.05) is 10.8 Å². The van der Waals surface area contributed by atoms with Gasteiger partial charge in [0.15, 0.2) is 6.61 Å². The summed E-state index contributed by atoms with van der Waals surface area (Å²) in [5.41, 5.74) is 0. The van der Waals surface area contributed by atoms with Crippen LogP contribution in [0.15, 0.2) is 18.2 Å². The van der Waals surface area contributed by atoms with Crippen molar-refractivity contribution in [3.8, 4) is 5.75 Å². The number of rotatable bonds is 5. The average Bonchev–Trinajstić information content (AvgIpc) is 2.82. The van der Waals surface area contributed by atoms with Gasteiger partial charge >= 0.3 is 51.4 Å². The molecule has 1 aromatic carbocycles. The number of nitrogens with one attached hydrogen (secondary N) is 1. The van der Waals surface area contributed by atoms with Crippen LogP contribution < -0.4 is 66.5 Å². The third-order valence-electron chi connectivity index (χ3n) is 4.24. The van der Waals surface area contributed by atoms with Crippen LogP contribution in [0.5, 0.6) is 5.75 Å². The zero-order valence-electron chi connectivity index (χ0n) is 14.8. The van der Waals surface area contributed by atoms with Crippen LogP contribution in [0.3, 0.4) is 0 Å². The van der Waals surface area contributed by atoms with Gasteiger partial charge in [-0.3, -0.25) is 9.59 Å². The summed E-state index contributed by atoms with van der Waals surface area (Å²) in [5.74, 6) is -1.87. The number of hydrogen-bond acceptors (Lipinski definition) is 6. The van der Waals surface area contributed by atoms with Crippen molar-refractivity contribution in [2.45, 2.75) is 36.1 Å². The van der Waals surface area contributed by atoms with E-state index in [2.05, 4.69) is 5.32 Å². The number of aliphatic carboxylic acids is 1. The summed E-state index contributed by atoms with van der Waals surface area (Å²) < 4.78 is 4.63. The van der Waals surface area contributed by atoms with Crippen molar-refractivity contribution < 1.29 is 75.6 Å². The summed E-state index contributed by atoms with van der Waals surface area (Å²) in [4.78, 5) is 37.0. The van der Waals surface area contributed by atoms with E-state index in [9.17, 15) is 19.5 Å². The Kier molecular flexibility index (Phi) is 7.57.